The van der Waals surface area contributed by atoms with Gasteiger partial charge in [0.1, 0.15) is 0 Å². The van der Waals surface area contributed by atoms with Gasteiger partial charge in [0, 0.05) is 26.3 Å². The number of benzene rings is 3. The Hall–Kier alpha value is -2.68. The number of anilines is 2. The van der Waals surface area contributed by atoms with Crippen LogP contribution in [0, 0.1) is 0 Å². The maximum Gasteiger partial charge on any atom is 0.416 e. The number of rotatable bonds is 6. The molecule has 0 saturated carbocycles. The van der Waals surface area contributed by atoms with Crippen LogP contribution in [0.3, 0.4) is 0 Å². The molecule has 2 amide bonds. The summed E-state index contributed by atoms with van der Waals surface area (Å²) in [7, 11) is 0. The number of amides is 2. The molecule has 0 aromatic heterocycles. The van der Waals surface area contributed by atoms with E-state index in [2.05, 4.69) is 10.6 Å². The zero-order valence-electron chi connectivity index (χ0n) is 16.2. The molecule has 0 fully saturated rings. The summed E-state index contributed by atoms with van der Waals surface area (Å²) in [5, 5.41) is 5.88. The molecule has 10 heteroatoms. The third-order valence-electron chi connectivity index (χ3n) is 4.08. The second-order valence-corrected chi connectivity index (χ2v) is 8.41. The number of hydrogen-bond acceptors (Lipinski definition) is 3. The van der Waals surface area contributed by atoms with Gasteiger partial charge in [-0.05, 0) is 48.5 Å². The number of hydrogen-bond donors (Lipinski definition) is 2. The Morgan fingerprint density at radius 3 is 2.22 bits per heavy atom. The highest BCUT2D eigenvalue weighted by atomic mass is 35.5. The fourth-order valence-electron chi connectivity index (χ4n) is 2.72. The molecule has 0 aliphatic heterocycles. The van der Waals surface area contributed by atoms with E-state index in [1.807, 2.05) is 0 Å². The number of halogens is 5. The average molecular weight is 499 g/mol. The largest absolute Gasteiger partial charge is 0.416 e. The Morgan fingerprint density at radius 2 is 1.53 bits per heavy atom. The number of thioether (sulfide) groups is 1. The fraction of sp³-hybridized carbons (Fsp3) is 0.0909. The summed E-state index contributed by atoms with van der Waals surface area (Å²) in [5.41, 5.74) is -0.187. The lowest BCUT2D eigenvalue weighted by molar-refractivity contribution is -0.137. The second-order valence-electron chi connectivity index (χ2n) is 6.52. The first kappa shape index (κ1) is 24.0. The van der Waals surface area contributed by atoms with Crippen molar-refractivity contribution in [2.45, 2.75) is 11.1 Å². The standard InChI is InChI=1S/C22H15Cl2F3N2O2S/c23-14-9-15(24)11-17(10-14)28-20(30)12-32-19-7-2-1-6-18(19)21(31)29-16-5-3-4-13(8-16)22(25,26)27/h1-11H,12H2,(H,28,30)(H,29,31). The summed E-state index contributed by atoms with van der Waals surface area (Å²) in [4.78, 5) is 25.5. The van der Waals surface area contributed by atoms with Crippen LogP contribution in [0.5, 0.6) is 0 Å². The van der Waals surface area contributed by atoms with Crippen LogP contribution in [0.25, 0.3) is 0 Å². The van der Waals surface area contributed by atoms with Crippen LogP contribution in [0.2, 0.25) is 10.0 Å². The van der Waals surface area contributed by atoms with Crippen molar-refractivity contribution in [1.82, 2.24) is 0 Å². The molecule has 0 saturated heterocycles. The van der Waals surface area contributed by atoms with Crippen molar-refractivity contribution in [3.05, 3.63) is 87.9 Å². The Labute approximate surface area is 196 Å². The number of carbonyl (C=O) groups is 2. The van der Waals surface area contributed by atoms with Gasteiger partial charge in [0.25, 0.3) is 5.91 Å². The quantitative estimate of drug-likeness (QED) is 0.360. The van der Waals surface area contributed by atoms with Crippen LogP contribution in [-0.2, 0) is 11.0 Å². The van der Waals surface area contributed by atoms with Gasteiger partial charge in [0.2, 0.25) is 5.91 Å². The van der Waals surface area contributed by atoms with Gasteiger partial charge in [-0.2, -0.15) is 13.2 Å². The van der Waals surface area contributed by atoms with Gasteiger partial charge in [-0.15, -0.1) is 11.8 Å². The summed E-state index contributed by atoms with van der Waals surface area (Å²) < 4.78 is 38.7. The van der Waals surface area contributed by atoms with Crippen LogP contribution in [0.4, 0.5) is 24.5 Å². The van der Waals surface area contributed by atoms with E-state index < -0.39 is 17.6 Å². The van der Waals surface area contributed by atoms with Crippen LogP contribution in [0.15, 0.2) is 71.6 Å². The minimum atomic E-state index is -4.52. The first-order valence-corrected chi connectivity index (χ1v) is 10.8. The van der Waals surface area contributed by atoms with E-state index in [-0.39, 0.29) is 22.9 Å². The van der Waals surface area contributed by atoms with Crippen molar-refractivity contribution in [3.8, 4) is 0 Å². The molecule has 4 nitrogen and oxygen atoms in total. The van der Waals surface area contributed by atoms with Crippen molar-refractivity contribution >= 4 is 58.2 Å². The summed E-state index contributed by atoms with van der Waals surface area (Å²) in [6.45, 7) is 0. The van der Waals surface area contributed by atoms with Gasteiger partial charge in [-0.1, -0.05) is 41.4 Å². The zero-order valence-corrected chi connectivity index (χ0v) is 18.5. The maximum absolute atomic E-state index is 12.9. The monoisotopic (exact) mass is 498 g/mol. The van der Waals surface area contributed by atoms with Gasteiger partial charge in [-0.3, -0.25) is 9.59 Å². The van der Waals surface area contributed by atoms with Crippen LogP contribution < -0.4 is 10.6 Å². The highest BCUT2D eigenvalue weighted by molar-refractivity contribution is 8.00. The van der Waals surface area contributed by atoms with Gasteiger partial charge in [0.05, 0.1) is 16.9 Å². The minimum absolute atomic E-state index is 0.0141. The van der Waals surface area contributed by atoms with Crippen molar-refractivity contribution < 1.29 is 22.8 Å². The second kappa shape index (κ2) is 10.3. The Balaban J connectivity index is 1.67. The third kappa shape index (κ3) is 6.66. The van der Waals surface area contributed by atoms with Crippen molar-refractivity contribution in [3.63, 3.8) is 0 Å². The van der Waals surface area contributed by atoms with Crippen molar-refractivity contribution in [2.75, 3.05) is 16.4 Å². The molecule has 0 radical (unpaired) electrons. The first-order valence-electron chi connectivity index (χ1n) is 9.08. The number of alkyl halides is 3. The normalized spacial score (nSPS) is 11.2. The summed E-state index contributed by atoms with van der Waals surface area (Å²) in [6.07, 6.45) is -4.52. The van der Waals surface area contributed by atoms with Gasteiger partial charge >= 0.3 is 6.18 Å². The van der Waals surface area contributed by atoms with E-state index in [4.69, 9.17) is 23.2 Å². The molecule has 3 aromatic rings. The smallest absolute Gasteiger partial charge is 0.325 e. The first-order chi connectivity index (χ1) is 15.1. The molecule has 0 bridgehead atoms. The Morgan fingerprint density at radius 1 is 0.844 bits per heavy atom. The van der Waals surface area contributed by atoms with E-state index in [0.717, 1.165) is 23.9 Å². The highest BCUT2D eigenvalue weighted by Gasteiger charge is 2.30. The third-order valence-corrected chi connectivity index (χ3v) is 5.59. The fourth-order valence-corrected chi connectivity index (χ4v) is 4.09. The molecule has 3 aromatic carbocycles. The maximum atomic E-state index is 12.9. The molecule has 2 N–H and O–H groups in total. The molecular formula is C22H15Cl2F3N2O2S. The van der Waals surface area contributed by atoms with Crippen molar-refractivity contribution in [2.24, 2.45) is 0 Å². The van der Waals surface area contributed by atoms with Crippen LogP contribution in [-0.4, -0.2) is 17.6 Å². The van der Waals surface area contributed by atoms with Crippen LogP contribution >= 0.6 is 35.0 Å². The van der Waals surface area contributed by atoms with Gasteiger partial charge in [-0.25, -0.2) is 0 Å². The Kier molecular flexibility index (Phi) is 7.71. The molecule has 0 atom stereocenters. The van der Waals surface area contributed by atoms with E-state index in [1.165, 1.54) is 24.3 Å². The van der Waals surface area contributed by atoms with Crippen molar-refractivity contribution in [1.29, 1.82) is 0 Å². The molecule has 166 valence electrons. The SMILES string of the molecule is O=C(CSc1ccccc1C(=O)Nc1cccc(C(F)(F)F)c1)Nc1cc(Cl)cc(Cl)c1. The predicted octanol–water partition coefficient (Wildman–Crippen LogP) is 7.00. The Bertz CT molecular complexity index is 1140. The van der Waals surface area contributed by atoms with Crippen LogP contribution in [0.1, 0.15) is 15.9 Å². The topological polar surface area (TPSA) is 58.2 Å². The lowest BCUT2D eigenvalue weighted by Gasteiger charge is -2.12. The van der Waals surface area contributed by atoms with E-state index >= 15 is 0 Å². The average Bonchev–Trinajstić information content (AvgIpc) is 2.71. The molecule has 0 aliphatic rings. The van der Waals surface area contributed by atoms with Gasteiger partial charge in [0.15, 0.2) is 0 Å². The predicted molar refractivity (Wildman–Crippen MR) is 122 cm³/mol. The summed E-state index contributed by atoms with van der Waals surface area (Å²) >= 11 is 12.9. The lowest BCUT2D eigenvalue weighted by atomic mass is 10.1. The molecule has 0 aliphatic carbocycles. The lowest BCUT2D eigenvalue weighted by Crippen LogP contribution is -2.16. The minimum Gasteiger partial charge on any atom is -0.325 e. The molecule has 0 heterocycles. The van der Waals surface area contributed by atoms with Gasteiger partial charge < -0.3 is 10.6 Å². The summed E-state index contributed by atoms with van der Waals surface area (Å²) in [6, 6.07) is 15.5. The van der Waals surface area contributed by atoms with E-state index in [9.17, 15) is 22.8 Å². The highest BCUT2D eigenvalue weighted by Crippen LogP contribution is 2.31. The zero-order chi connectivity index (χ0) is 23.3. The molecular weight excluding hydrogens is 484 g/mol. The molecule has 0 spiro atoms. The number of nitrogens with one attached hydrogen (secondary N) is 2. The van der Waals surface area contributed by atoms with E-state index in [0.29, 0.717) is 20.6 Å². The molecule has 32 heavy (non-hydrogen) atoms. The number of carbonyl (C=O) groups excluding carboxylic acids is 2. The van der Waals surface area contributed by atoms with E-state index in [1.54, 1.807) is 30.3 Å². The summed E-state index contributed by atoms with van der Waals surface area (Å²) in [5.74, 6) is -0.950. The molecule has 0 unspecified atom stereocenters. The molecule has 3 rings (SSSR count).